The maximum atomic E-state index is 13.8. The molecule has 5 aromatic rings. The van der Waals surface area contributed by atoms with E-state index in [-0.39, 0.29) is 59.5 Å². The zero-order chi connectivity index (χ0) is 44.4. The van der Waals surface area contributed by atoms with Crippen LogP contribution in [0.3, 0.4) is 0 Å². The Labute approximate surface area is 354 Å². The smallest absolute Gasteiger partial charge is 0.272 e. The van der Waals surface area contributed by atoms with E-state index >= 15 is 0 Å². The second-order valence-corrected chi connectivity index (χ2v) is 15.3. The number of thiophene rings is 1. The predicted octanol–water partition coefficient (Wildman–Crippen LogP) is 2.94. The van der Waals surface area contributed by atoms with Crippen LogP contribution in [0.25, 0.3) is 0 Å². The molecule has 0 aliphatic rings. The fraction of sp³-hybridized carbons (Fsp3) is 0.325. The van der Waals surface area contributed by atoms with Crippen LogP contribution >= 0.6 is 11.3 Å². The van der Waals surface area contributed by atoms with E-state index in [2.05, 4.69) is 37.2 Å². The molecule has 7 N–H and O–H groups in total. The normalized spacial score (nSPS) is 11.0. The first kappa shape index (κ1) is 45.1. The van der Waals surface area contributed by atoms with Crippen molar-refractivity contribution in [2.24, 2.45) is 28.2 Å². The second-order valence-electron chi connectivity index (χ2n) is 14.4. The molecule has 5 rings (SSSR count). The number of nitrogens with one attached hydrogen (secondary N) is 7. The number of aryl methyl sites for hydroxylation is 4. The lowest BCUT2D eigenvalue weighted by Crippen LogP contribution is -2.32. The Bertz CT molecular complexity index is 2440. The van der Waals surface area contributed by atoms with E-state index in [9.17, 15) is 38.0 Å². The number of anilines is 4. The first-order valence-electron chi connectivity index (χ1n) is 19.1. The number of rotatable bonds is 19. The summed E-state index contributed by atoms with van der Waals surface area (Å²) in [6, 6.07) is 7.12. The lowest BCUT2D eigenvalue weighted by molar-refractivity contribution is -0.121. The van der Waals surface area contributed by atoms with E-state index in [1.165, 1.54) is 55.6 Å². The van der Waals surface area contributed by atoms with Crippen LogP contribution in [0.1, 0.15) is 70.9 Å². The summed E-state index contributed by atoms with van der Waals surface area (Å²) in [5.41, 5.74) is 2.26. The topological polar surface area (TPSA) is 227 Å². The van der Waals surface area contributed by atoms with E-state index < -0.39 is 41.3 Å². The summed E-state index contributed by atoms with van der Waals surface area (Å²) in [5, 5.41) is 20.5. The monoisotopic (exact) mass is 860 g/mol. The van der Waals surface area contributed by atoms with Crippen LogP contribution < -0.4 is 37.2 Å². The molecule has 7 amide bonds. The summed E-state index contributed by atoms with van der Waals surface area (Å²) >= 11 is 0.958. The van der Waals surface area contributed by atoms with Crippen LogP contribution in [-0.4, -0.2) is 105 Å². The van der Waals surface area contributed by atoms with Gasteiger partial charge in [0, 0.05) is 85.5 Å². The van der Waals surface area contributed by atoms with Crippen LogP contribution in [0.5, 0.6) is 0 Å². The van der Waals surface area contributed by atoms with E-state index in [1.54, 1.807) is 51.3 Å². The molecular weight excluding hydrogens is 812 g/mol. The largest absolute Gasteiger partial charge is 0.356 e. The van der Waals surface area contributed by atoms with Crippen LogP contribution in [0.4, 0.5) is 27.1 Å². The summed E-state index contributed by atoms with van der Waals surface area (Å²) in [6.07, 6.45) is 7.07. The van der Waals surface area contributed by atoms with Gasteiger partial charge in [-0.25, -0.2) is 4.39 Å². The Balaban J connectivity index is 1.05. The average Bonchev–Trinajstić information content (AvgIpc) is 4.02. The van der Waals surface area contributed by atoms with Crippen molar-refractivity contribution in [3.63, 3.8) is 0 Å². The van der Waals surface area contributed by atoms with Gasteiger partial charge < -0.3 is 60.4 Å². The van der Waals surface area contributed by atoms with Crippen molar-refractivity contribution in [3.8, 4) is 0 Å². The van der Waals surface area contributed by atoms with Crippen molar-refractivity contribution in [1.82, 2.24) is 39.1 Å². The van der Waals surface area contributed by atoms with E-state index in [1.807, 2.05) is 19.0 Å². The minimum Gasteiger partial charge on any atom is -0.356 e. The third-order valence-corrected chi connectivity index (χ3v) is 10.1. The molecule has 324 valence electrons. The second kappa shape index (κ2) is 20.3. The van der Waals surface area contributed by atoms with Crippen LogP contribution in [0.2, 0.25) is 0 Å². The van der Waals surface area contributed by atoms with Gasteiger partial charge >= 0.3 is 0 Å². The molecule has 0 fully saturated rings. The molecule has 0 aliphatic heterocycles. The zero-order valence-corrected chi connectivity index (χ0v) is 35.4. The number of amides is 7. The van der Waals surface area contributed by atoms with Gasteiger partial charge in [0.1, 0.15) is 33.5 Å². The van der Waals surface area contributed by atoms with Crippen molar-refractivity contribution >= 4 is 75.4 Å². The molecule has 0 saturated carbocycles. The predicted molar refractivity (Wildman–Crippen MR) is 228 cm³/mol. The number of carbonyl (C=O) groups excluding carboxylic acids is 7. The molecule has 0 saturated heterocycles. The third kappa shape index (κ3) is 12.3. The fourth-order valence-electron chi connectivity index (χ4n) is 6.16. The SMILES string of the molecule is CN(C)CCCNC(=O)CCNC(=O)c1cc(NC(=O)c2cc(NC(=O)CCNC(=O)c3cc(NC(=O)c4cc(NC(=O)c5sccc5F)cn4C)cn3C)cn2C)cn1C. The molecule has 0 atom stereocenters. The summed E-state index contributed by atoms with van der Waals surface area (Å²) in [5.74, 6) is -3.75. The number of nitrogens with zero attached hydrogens (tertiary/aromatic N) is 5. The van der Waals surface area contributed by atoms with Gasteiger partial charge in [-0.3, -0.25) is 33.6 Å². The van der Waals surface area contributed by atoms with Crippen molar-refractivity contribution in [2.75, 3.05) is 61.5 Å². The molecule has 5 aromatic heterocycles. The van der Waals surface area contributed by atoms with Gasteiger partial charge in [0.05, 0.1) is 22.7 Å². The highest BCUT2D eigenvalue weighted by atomic mass is 32.1. The Morgan fingerprint density at radius 1 is 0.557 bits per heavy atom. The molecule has 5 heterocycles. The van der Waals surface area contributed by atoms with E-state index in [0.717, 1.165) is 24.3 Å². The van der Waals surface area contributed by atoms with Gasteiger partial charge in [0.15, 0.2) is 0 Å². The number of hydrogen-bond donors (Lipinski definition) is 7. The zero-order valence-electron chi connectivity index (χ0n) is 34.6. The van der Waals surface area contributed by atoms with Crippen molar-refractivity contribution in [3.05, 3.63) is 94.0 Å². The molecule has 0 aliphatic carbocycles. The first-order chi connectivity index (χ1) is 29.0. The molecule has 0 bridgehead atoms. The van der Waals surface area contributed by atoms with Gasteiger partial charge in [-0.1, -0.05) is 0 Å². The third-order valence-electron chi connectivity index (χ3n) is 9.21. The van der Waals surface area contributed by atoms with Crippen molar-refractivity contribution in [1.29, 1.82) is 0 Å². The molecule has 21 heteroatoms. The number of carbonyl (C=O) groups is 7. The average molecular weight is 861 g/mol. The van der Waals surface area contributed by atoms with Gasteiger partial charge in [0.2, 0.25) is 11.8 Å². The number of aromatic nitrogens is 4. The Morgan fingerprint density at radius 2 is 0.967 bits per heavy atom. The molecule has 19 nitrogen and oxygen atoms in total. The Hall–Kier alpha value is -7.00. The summed E-state index contributed by atoms with van der Waals surface area (Å²) < 4.78 is 19.9. The minimum absolute atomic E-state index is 0.0148. The molecule has 61 heavy (non-hydrogen) atoms. The van der Waals surface area contributed by atoms with Crippen molar-refractivity contribution < 1.29 is 38.0 Å². The molecule has 0 aromatic carbocycles. The van der Waals surface area contributed by atoms with Gasteiger partial charge in [-0.15, -0.1) is 11.3 Å². The molecule has 0 radical (unpaired) electrons. The summed E-state index contributed by atoms with van der Waals surface area (Å²) in [4.78, 5) is 91.2. The molecule has 0 unspecified atom stereocenters. The van der Waals surface area contributed by atoms with E-state index in [4.69, 9.17) is 0 Å². The Morgan fingerprint density at radius 3 is 1.39 bits per heavy atom. The number of hydrogen-bond acceptors (Lipinski definition) is 9. The van der Waals surface area contributed by atoms with Crippen LogP contribution in [0.15, 0.2) is 60.5 Å². The summed E-state index contributed by atoms with van der Waals surface area (Å²) in [6.45, 7) is 1.54. The summed E-state index contributed by atoms with van der Waals surface area (Å²) in [7, 11) is 10.4. The lowest BCUT2D eigenvalue weighted by Gasteiger charge is -2.10. The van der Waals surface area contributed by atoms with Crippen LogP contribution in [0, 0.1) is 5.82 Å². The van der Waals surface area contributed by atoms with Gasteiger partial charge in [-0.2, -0.15) is 0 Å². The fourth-order valence-corrected chi connectivity index (χ4v) is 6.83. The highest BCUT2D eigenvalue weighted by Gasteiger charge is 2.20. The minimum atomic E-state index is -0.637. The van der Waals surface area contributed by atoms with Crippen molar-refractivity contribution in [2.45, 2.75) is 19.3 Å². The lowest BCUT2D eigenvalue weighted by atomic mass is 10.3. The highest BCUT2D eigenvalue weighted by molar-refractivity contribution is 7.12. The van der Waals surface area contributed by atoms with Gasteiger partial charge in [-0.05, 0) is 62.8 Å². The maximum Gasteiger partial charge on any atom is 0.272 e. The van der Waals surface area contributed by atoms with Gasteiger partial charge in [0.25, 0.3) is 29.5 Å². The first-order valence-corrected chi connectivity index (χ1v) is 20.0. The highest BCUT2D eigenvalue weighted by Crippen LogP contribution is 2.21. The van der Waals surface area contributed by atoms with E-state index in [0.29, 0.717) is 29.3 Å². The molecular formula is C40H49FN12O7S. The quantitative estimate of drug-likeness (QED) is 0.0610. The number of halogens is 1. The maximum absolute atomic E-state index is 13.8. The Kier molecular flexibility index (Phi) is 15.0. The van der Waals surface area contributed by atoms with Crippen LogP contribution in [-0.2, 0) is 37.8 Å². The standard InChI is InChI=1S/C40H49FN12O7S/c1-49(2)14-7-11-42-33(54)8-12-43-36(56)29-17-25(21-50(29)3)46-38(58)31-16-24(20-52(31)5)45-34(55)9-13-44-37(57)30-18-26(22-51(30)4)47-39(59)32-19-27(23-53(32)6)48-40(60)35-28(41)10-15-61-35/h10,15-23H,7-9,11-14H2,1-6H3,(H,42,54)(H,43,56)(H,44,57)(H,45,55)(H,46,58)(H,47,59)(H,48,60). The molecule has 0 spiro atoms.